The van der Waals surface area contributed by atoms with Crippen LogP contribution >= 0.6 is 0 Å². The van der Waals surface area contributed by atoms with Gasteiger partial charge < -0.3 is 4.90 Å². The summed E-state index contributed by atoms with van der Waals surface area (Å²) in [6.45, 7) is 7.74. The molecule has 0 radical (unpaired) electrons. The highest BCUT2D eigenvalue weighted by atomic mass is 19.1. The maximum absolute atomic E-state index is 13.3. The predicted molar refractivity (Wildman–Crippen MR) is 100.0 cm³/mol. The Bertz CT molecular complexity index is 729. The molecule has 2 aromatic rings. The molecule has 0 atom stereocenters. The summed E-state index contributed by atoms with van der Waals surface area (Å²) in [4.78, 5) is 20.9. The SMILES string of the molecule is CC(C)CN(Cc1cccnc1)C1CN(C(=O)Cc2cccc(F)c2)C1. The fraction of sp³-hybridized carbons (Fsp3) is 0.429. The lowest BCUT2D eigenvalue weighted by atomic mass is 10.0. The lowest BCUT2D eigenvalue weighted by molar-refractivity contribution is -0.138. The highest BCUT2D eigenvalue weighted by Gasteiger charge is 2.34. The molecule has 4 nitrogen and oxygen atoms in total. The monoisotopic (exact) mass is 355 g/mol. The van der Waals surface area contributed by atoms with Crippen molar-refractivity contribution < 1.29 is 9.18 Å². The highest BCUT2D eigenvalue weighted by molar-refractivity contribution is 5.79. The topological polar surface area (TPSA) is 36.4 Å². The van der Waals surface area contributed by atoms with Crippen molar-refractivity contribution in [2.45, 2.75) is 32.9 Å². The Kier molecular flexibility index (Phi) is 5.99. The van der Waals surface area contributed by atoms with E-state index in [1.54, 1.807) is 18.3 Å². The average molecular weight is 355 g/mol. The van der Waals surface area contributed by atoms with Gasteiger partial charge in [-0.15, -0.1) is 0 Å². The number of pyridine rings is 1. The van der Waals surface area contributed by atoms with Crippen LogP contribution in [0.2, 0.25) is 0 Å². The summed E-state index contributed by atoms with van der Waals surface area (Å²) >= 11 is 0. The maximum Gasteiger partial charge on any atom is 0.227 e. The van der Waals surface area contributed by atoms with E-state index >= 15 is 0 Å². The summed E-state index contributed by atoms with van der Waals surface area (Å²) in [5, 5.41) is 0. The number of amides is 1. The van der Waals surface area contributed by atoms with E-state index in [1.165, 1.54) is 17.7 Å². The Labute approximate surface area is 154 Å². The van der Waals surface area contributed by atoms with Crippen LogP contribution in [0.5, 0.6) is 0 Å². The molecule has 0 spiro atoms. The quantitative estimate of drug-likeness (QED) is 0.766. The van der Waals surface area contributed by atoms with Gasteiger partial charge in [-0.25, -0.2) is 4.39 Å². The minimum absolute atomic E-state index is 0.0673. The van der Waals surface area contributed by atoms with E-state index in [1.807, 2.05) is 17.2 Å². The number of aromatic nitrogens is 1. The summed E-state index contributed by atoms with van der Waals surface area (Å²) in [7, 11) is 0. The summed E-state index contributed by atoms with van der Waals surface area (Å²) in [6.07, 6.45) is 3.95. The molecular weight excluding hydrogens is 329 g/mol. The third kappa shape index (κ3) is 4.88. The summed E-state index contributed by atoms with van der Waals surface area (Å²) < 4.78 is 13.3. The van der Waals surface area contributed by atoms with Gasteiger partial charge >= 0.3 is 0 Å². The minimum Gasteiger partial charge on any atom is -0.339 e. The van der Waals surface area contributed by atoms with Crippen molar-refractivity contribution in [3.05, 3.63) is 65.7 Å². The molecule has 0 bridgehead atoms. The third-order valence-electron chi connectivity index (χ3n) is 4.68. The number of carbonyl (C=O) groups is 1. The summed E-state index contributed by atoms with van der Waals surface area (Å²) in [5.41, 5.74) is 1.92. The molecule has 3 rings (SSSR count). The van der Waals surface area contributed by atoms with Crippen molar-refractivity contribution in [2.24, 2.45) is 5.92 Å². The molecule has 1 saturated heterocycles. The first kappa shape index (κ1) is 18.5. The third-order valence-corrected chi connectivity index (χ3v) is 4.68. The zero-order chi connectivity index (χ0) is 18.5. The molecular formula is C21H26FN3O. The van der Waals surface area contributed by atoms with Crippen LogP contribution in [-0.2, 0) is 17.8 Å². The summed E-state index contributed by atoms with van der Waals surface area (Å²) in [5.74, 6) is 0.331. The van der Waals surface area contributed by atoms with Gasteiger partial charge in [-0.3, -0.25) is 14.7 Å². The molecule has 5 heteroatoms. The van der Waals surface area contributed by atoms with Crippen molar-refractivity contribution in [3.8, 4) is 0 Å². The van der Waals surface area contributed by atoms with Crippen LogP contribution in [0.3, 0.4) is 0 Å². The average Bonchev–Trinajstić information content (AvgIpc) is 2.53. The first-order valence-corrected chi connectivity index (χ1v) is 9.16. The number of hydrogen-bond donors (Lipinski definition) is 0. The van der Waals surface area contributed by atoms with Crippen molar-refractivity contribution in [1.29, 1.82) is 0 Å². The zero-order valence-electron chi connectivity index (χ0n) is 15.4. The number of nitrogens with zero attached hydrogens (tertiary/aromatic N) is 3. The van der Waals surface area contributed by atoms with Crippen LogP contribution in [0.4, 0.5) is 4.39 Å². The lowest BCUT2D eigenvalue weighted by Crippen LogP contribution is -2.61. The molecule has 0 unspecified atom stereocenters. The summed E-state index contributed by atoms with van der Waals surface area (Å²) in [6, 6.07) is 10.7. The second kappa shape index (κ2) is 8.41. The smallest absolute Gasteiger partial charge is 0.227 e. The van der Waals surface area contributed by atoms with Crippen molar-refractivity contribution in [3.63, 3.8) is 0 Å². The molecule has 2 heterocycles. The van der Waals surface area contributed by atoms with Gasteiger partial charge in [-0.1, -0.05) is 32.0 Å². The van der Waals surface area contributed by atoms with Crippen LogP contribution in [0, 0.1) is 11.7 Å². The van der Waals surface area contributed by atoms with Gasteiger partial charge in [0.05, 0.1) is 6.42 Å². The van der Waals surface area contributed by atoms with Gasteiger partial charge in [0.15, 0.2) is 0 Å². The second-order valence-electron chi connectivity index (χ2n) is 7.44. The molecule has 26 heavy (non-hydrogen) atoms. The number of carbonyl (C=O) groups excluding carboxylic acids is 1. The molecule has 1 amide bonds. The highest BCUT2D eigenvalue weighted by Crippen LogP contribution is 2.20. The van der Waals surface area contributed by atoms with E-state index in [4.69, 9.17) is 0 Å². The number of likely N-dealkylation sites (tertiary alicyclic amines) is 1. The largest absolute Gasteiger partial charge is 0.339 e. The van der Waals surface area contributed by atoms with E-state index in [-0.39, 0.29) is 18.1 Å². The molecule has 0 aliphatic carbocycles. The van der Waals surface area contributed by atoms with E-state index in [0.29, 0.717) is 12.0 Å². The van der Waals surface area contributed by atoms with Crippen LogP contribution in [0.15, 0.2) is 48.8 Å². The molecule has 1 fully saturated rings. The molecule has 1 aliphatic rings. The number of hydrogen-bond acceptors (Lipinski definition) is 3. The molecule has 1 aliphatic heterocycles. The van der Waals surface area contributed by atoms with Gasteiger partial charge in [0.2, 0.25) is 5.91 Å². The lowest BCUT2D eigenvalue weighted by Gasteiger charge is -2.46. The van der Waals surface area contributed by atoms with E-state index < -0.39 is 0 Å². The van der Waals surface area contributed by atoms with Crippen molar-refractivity contribution >= 4 is 5.91 Å². The standard InChI is InChI=1S/C21H26FN3O/c1-16(2)12-24(13-18-6-4-8-23-11-18)20-14-25(15-20)21(26)10-17-5-3-7-19(22)9-17/h3-9,11,16,20H,10,12-15H2,1-2H3. The molecule has 0 saturated carbocycles. The fourth-order valence-corrected chi connectivity index (χ4v) is 3.36. The minimum atomic E-state index is -0.295. The Balaban J connectivity index is 1.55. The maximum atomic E-state index is 13.3. The first-order valence-electron chi connectivity index (χ1n) is 9.16. The van der Waals surface area contributed by atoms with Gasteiger partial charge in [0, 0.05) is 44.6 Å². The van der Waals surface area contributed by atoms with Crippen molar-refractivity contribution in [2.75, 3.05) is 19.6 Å². The number of halogens is 1. The Morgan fingerprint density at radius 2 is 2.04 bits per heavy atom. The van der Waals surface area contributed by atoms with Gasteiger partial charge in [-0.05, 0) is 35.2 Å². The zero-order valence-corrected chi connectivity index (χ0v) is 15.4. The molecule has 0 N–H and O–H groups in total. The fourth-order valence-electron chi connectivity index (χ4n) is 3.36. The van der Waals surface area contributed by atoms with Crippen LogP contribution in [0.1, 0.15) is 25.0 Å². The van der Waals surface area contributed by atoms with Crippen LogP contribution in [0.25, 0.3) is 0 Å². The predicted octanol–water partition coefficient (Wildman–Crippen LogP) is 3.13. The van der Waals surface area contributed by atoms with Crippen molar-refractivity contribution in [1.82, 2.24) is 14.8 Å². The number of rotatable bonds is 7. The van der Waals surface area contributed by atoms with E-state index in [0.717, 1.165) is 31.7 Å². The van der Waals surface area contributed by atoms with Crippen LogP contribution < -0.4 is 0 Å². The molecule has 1 aromatic heterocycles. The van der Waals surface area contributed by atoms with Gasteiger partial charge in [0.25, 0.3) is 0 Å². The number of benzene rings is 1. The normalized spacial score (nSPS) is 14.7. The van der Waals surface area contributed by atoms with E-state index in [9.17, 15) is 9.18 Å². The van der Waals surface area contributed by atoms with Gasteiger partial charge in [-0.2, -0.15) is 0 Å². The molecule has 138 valence electrons. The Morgan fingerprint density at radius 3 is 2.69 bits per heavy atom. The Hall–Kier alpha value is -2.27. The second-order valence-corrected chi connectivity index (χ2v) is 7.44. The Morgan fingerprint density at radius 1 is 1.27 bits per heavy atom. The first-order chi connectivity index (χ1) is 12.5. The van der Waals surface area contributed by atoms with Crippen LogP contribution in [-0.4, -0.2) is 46.4 Å². The van der Waals surface area contributed by atoms with Gasteiger partial charge in [0.1, 0.15) is 5.82 Å². The molecule has 1 aromatic carbocycles. The van der Waals surface area contributed by atoms with E-state index in [2.05, 4.69) is 29.8 Å².